The fourth-order valence-electron chi connectivity index (χ4n) is 3.84. The summed E-state index contributed by atoms with van der Waals surface area (Å²) in [6.07, 6.45) is 4.24. The zero-order valence-electron chi connectivity index (χ0n) is 14.7. The van der Waals surface area contributed by atoms with Crippen molar-refractivity contribution in [2.24, 2.45) is 11.7 Å². The molecule has 1 saturated heterocycles. The van der Waals surface area contributed by atoms with E-state index in [-0.39, 0.29) is 11.8 Å². The van der Waals surface area contributed by atoms with E-state index in [9.17, 15) is 9.59 Å². The van der Waals surface area contributed by atoms with E-state index >= 15 is 0 Å². The largest absolute Gasteiger partial charge is 0.338 e. The minimum Gasteiger partial charge on any atom is -0.338 e. The lowest BCUT2D eigenvalue weighted by atomic mass is 10.1. The van der Waals surface area contributed by atoms with Crippen molar-refractivity contribution >= 4 is 28.2 Å². The molecule has 1 atom stereocenters. The number of likely N-dealkylation sites (tertiary alicyclic amines) is 1. The summed E-state index contributed by atoms with van der Waals surface area (Å²) < 4.78 is 0. The molecule has 3 N–H and O–H groups in total. The van der Waals surface area contributed by atoms with E-state index < -0.39 is 0 Å². The Labute approximate surface area is 157 Å². The van der Waals surface area contributed by atoms with Gasteiger partial charge in [0.1, 0.15) is 5.00 Å². The Morgan fingerprint density at radius 2 is 2.08 bits per heavy atom. The second-order valence-corrected chi connectivity index (χ2v) is 8.01. The first-order chi connectivity index (χ1) is 12.7. The third kappa shape index (κ3) is 3.27. The summed E-state index contributed by atoms with van der Waals surface area (Å²) in [5.74, 6) is 0.200. The number of aryl methyl sites for hydroxylation is 2. The predicted molar refractivity (Wildman–Crippen MR) is 104 cm³/mol. The molecule has 5 nitrogen and oxygen atoms in total. The first-order valence-corrected chi connectivity index (χ1v) is 10.0. The minimum atomic E-state index is -0.155. The van der Waals surface area contributed by atoms with Crippen LogP contribution in [-0.2, 0) is 12.8 Å². The molecule has 2 aromatic rings. The third-order valence-corrected chi connectivity index (χ3v) is 6.22. The summed E-state index contributed by atoms with van der Waals surface area (Å²) in [5, 5.41) is 5.41. The lowest BCUT2D eigenvalue weighted by Gasteiger charge is -2.16. The Hall–Kier alpha value is -2.18. The second-order valence-electron chi connectivity index (χ2n) is 7.10. The molecular formula is C20H23N3O2S. The zero-order chi connectivity index (χ0) is 18.1. The first-order valence-electron chi connectivity index (χ1n) is 9.15. The van der Waals surface area contributed by atoms with Gasteiger partial charge in [0.25, 0.3) is 11.8 Å². The molecule has 0 saturated carbocycles. The van der Waals surface area contributed by atoms with Gasteiger partial charge in [-0.3, -0.25) is 9.59 Å². The molecule has 1 aliphatic carbocycles. The number of benzene rings is 1. The number of nitrogens with one attached hydrogen (secondary N) is 1. The van der Waals surface area contributed by atoms with Crippen LogP contribution in [-0.4, -0.2) is 36.3 Å². The summed E-state index contributed by atoms with van der Waals surface area (Å²) in [7, 11) is 0. The molecule has 0 bridgehead atoms. The van der Waals surface area contributed by atoms with E-state index in [0.717, 1.165) is 32.2 Å². The van der Waals surface area contributed by atoms with E-state index in [1.54, 1.807) is 6.07 Å². The van der Waals surface area contributed by atoms with E-state index in [1.807, 2.05) is 22.4 Å². The van der Waals surface area contributed by atoms with Crippen molar-refractivity contribution in [3.63, 3.8) is 0 Å². The van der Waals surface area contributed by atoms with Gasteiger partial charge in [0.05, 0.1) is 5.56 Å². The number of rotatable bonds is 4. The van der Waals surface area contributed by atoms with Crippen LogP contribution < -0.4 is 11.1 Å². The van der Waals surface area contributed by atoms with Crippen LogP contribution in [0.1, 0.15) is 44.7 Å². The molecule has 2 aliphatic rings. The van der Waals surface area contributed by atoms with E-state index in [2.05, 4.69) is 11.4 Å². The number of carbonyl (C=O) groups is 2. The Morgan fingerprint density at radius 1 is 1.23 bits per heavy atom. The monoisotopic (exact) mass is 369 g/mol. The van der Waals surface area contributed by atoms with Gasteiger partial charge in [-0.1, -0.05) is 6.07 Å². The molecule has 1 aliphatic heterocycles. The predicted octanol–water partition coefficient (Wildman–Crippen LogP) is 2.91. The maximum atomic E-state index is 12.8. The number of nitrogens with zero attached hydrogens (tertiary/aromatic N) is 1. The second kappa shape index (κ2) is 7.21. The minimum absolute atomic E-state index is 0.0218. The Balaban J connectivity index is 1.48. The fourth-order valence-corrected chi connectivity index (χ4v) is 4.62. The standard InChI is InChI=1S/C20H23N3O2S/c21-11-13-6-8-23(12-13)20(25)17-7-9-26-19(17)22-18(24)16-5-4-14-2-1-3-15(14)10-16/h4-5,7,9-10,13H,1-3,6,8,11-12,21H2,(H,22,24). The molecule has 0 radical (unpaired) electrons. The van der Waals surface area contributed by atoms with Crippen molar-refractivity contribution < 1.29 is 9.59 Å². The molecule has 1 unspecified atom stereocenters. The van der Waals surface area contributed by atoms with Gasteiger partial charge in [-0.05, 0) is 72.9 Å². The number of anilines is 1. The van der Waals surface area contributed by atoms with Gasteiger partial charge in [0.15, 0.2) is 0 Å². The molecule has 26 heavy (non-hydrogen) atoms. The average molecular weight is 369 g/mol. The summed E-state index contributed by atoms with van der Waals surface area (Å²) in [4.78, 5) is 27.3. The molecule has 136 valence electrons. The highest BCUT2D eigenvalue weighted by Crippen LogP contribution is 2.28. The summed E-state index contributed by atoms with van der Waals surface area (Å²) in [6, 6.07) is 7.70. The van der Waals surface area contributed by atoms with Crippen LogP contribution in [0.4, 0.5) is 5.00 Å². The molecule has 1 aromatic heterocycles. The normalized spacial score (nSPS) is 18.8. The third-order valence-electron chi connectivity index (χ3n) is 5.39. The number of hydrogen-bond donors (Lipinski definition) is 2. The van der Waals surface area contributed by atoms with Gasteiger partial charge in [-0.2, -0.15) is 0 Å². The van der Waals surface area contributed by atoms with Gasteiger partial charge < -0.3 is 16.0 Å². The summed E-state index contributed by atoms with van der Waals surface area (Å²) >= 11 is 1.39. The Morgan fingerprint density at radius 3 is 2.88 bits per heavy atom. The highest BCUT2D eigenvalue weighted by molar-refractivity contribution is 7.14. The van der Waals surface area contributed by atoms with Crippen molar-refractivity contribution in [2.75, 3.05) is 25.0 Å². The smallest absolute Gasteiger partial charge is 0.256 e. The van der Waals surface area contributed by atoms with E-state index in [4.69, 9.17) is 5.73 Å². The average Bonchev–Trinajstić information content (AvgIpc) is 3.40. The highest BCUT2D eigenvalue weighted by Gasteiger charge is 2.28. The quantitative estimate of drug-likeness (QED) is 0.870. The molecule has 0 spiro atoms. The number of nitrogens with two attached hydrogens (primary N) is 1. The first kappa shape index (κ1) is 17.2. The maximum Gasteiger partial charge on any atom is 0.256 e. The Kier molecular flexibility index (Phi) is 4.78. The molecule has 1 fully saturated rings. The fraction of sp³-hybridized carbons (Fsp3) is 0.400. The van der Waals surface area contributed by atoms with Crippen LogP contribution in [0.5, 0.6) is 0 Å². The van der Waals surface area contributed by atoms with Crippen molar-refractivity contribution in [1.82, 2.24) is 4.90 Å². The van der Waals surface area contributed by atoms with Gasteiger partial charge >= 0.3 is 0 Å². The maximum absolute atomic E-state index is 12.8. The van der Waals surface area contributed by atoms with Gasteiger partial charge in [0, 0.05) is 18.7 Å². The number of hydrogen-bond acceptors (Lipinski definition) is 4. The zero-order valence-corrected chi connectivity index (χ0v) is 15.5. The van der Waals surface area contributed by atoms with E-state index in [1.165, 1.54) is 22.5 Å². The SMILES string of the molecule is NCC1CCN(C(=O)c2ccsc2NC(=O)c2ccc3c(c2)CCC3)C1. The van der Waals surface area contributed by atoms with E-state index in [0.29, 0.717) is 35.1 Å². The number of thiophene rings is 1. The van der Waals surface area contributed by atoms with Gasteiger partial charge in [-0.15, -0.1) is 11.3 Å². The van der Waals surface area contributed by atoms with Crippen molar-refractivity contribution in [3.05, 3.63) is 51.9 Å². The number of amides is 2. The molecule has 6 heteroatoms. The topological polar surface area (TPSA) is 75.4 Å². The highest BCUT2D eigenvalue weighted by atomic mass is 32.1. The van der Waals surface area contributed by atoms with Gasteiger partial charge in [0.2, 0.25) is 0 Å². The lowest BCUT2D eigenvalue weighted by Crippen LogP contribution is -2.30. The van der Waals surface area contributed by atoms with Crippen LogP contribution in [0.25, 0.3) is 0 Å². The molecule has 2 heterocycles. The summed E-state index contributed by atoms with van der Waals surface area (Å²) in [6.45, 7) is 2.04. The molecule has 4 rings (SSSR count). The van der Waals surface area contributed by atoms with Crippen LogP contribution in [0, 0.1) is 5.92 Å². The number of carbonyl (C=O) groups excluding carboxylic acids is 2. The lowest BCUT2D eigenvalue weighted by molar-refractivity contribution is 0.0789. The van der Waals surface area contributed by atoms with Crippen LogP contribution in [0.3, 0.4) is 0 Å². The Bertz CT molecular complexity index is 845. The van der Waals surface area contributed by atoms with Crippen LogP contribution >= 0.6 is 11.3 Å². The van der Waals surface area contributed by atoms with Crippen molar-refractivity contribution in [2.45, 2.75) is 25.7 Å². The molecular weight excluding hydrogens is 346 g/mol. The van der Waals surface area contributed by atoms with Gasteiger partial charge in [-0.25, -0.2) is 0 Å². The molecule has 2 amide bonds. The van der Waals surface area contributed by atoms with Crippen molar-refractivity contribution in [3.8, 4) is 0 Å². The summed E-state index contributed by atoms with van der Waals surface area (Å²) in [5.41, 5.74) is 9.56. The van der Waals surface area contributed by atoms with Crippen molar-refractivity contribution in [1.29, 1.82) is 0 Å². The van der Waals surface area contributed by atoms with Crippen LogP contribution in [0.2, 0.25) is 0 Å². The molecule has 1 aromatic carbocycles. The van der Waals surface area contributed by atoms with Crippen LogP contribution in [0.15, 0.2) is 29.6 Å². The number of fused-ring (bicyclic) bond motifs is 1.